The lowest BCUT2D eigenvalue weighted by Crippen LogP contribution is -2.36. The van der Waals surface area contributed by atoms with Gasteiger partial charge in [-0.25, -0.2) is 18.0 Å². The van der Waals surface area contributed by atoms with Crippen molar-refractivity contribution in [3.05, 3.63) is 47.3 Å². The van der Waals surface area contributed by atoms with Crippen molar-refractivity contribution in [2.75, 3.05) is 11.3 Å². The molecule has 1 aromatic carbocycles. The summed E-state index contributed by atoms with van der Waals surface area (Å²) in [6.07, 6.45) is 2.74. The van der Waals surface area contributed by atoms with E-state index in [4.69, 9.17) is 9.47 Å². The van der Waals surface area contributed by atoms with Gasteiger partial charge in [0.2, 0.25) is 0 Å². The third kappa shape index (κ3) is 6.10. The number of esters is 2. The first-order valence-corrected chi connectivity index (χ1v) is 13.1. The highest BCUT2D eigenvalue weighted by Crippen LogP contribution is 2.35. The van der Waals surface area contributed by atoms with Gasteiger partial charge in [-0.2, -0.15) is 0 Å². The van der Waals surface area contributed by atoms with Crippen molar-refractivity contribution in [1.29, 1.82) is 0 Å². The maximum absolute atomic E-state index is 12.6. The second kappa shape index (κ2) is 10.5. The fourth-order valence-electron chi connectivity index (χ4n) is 4.02. The van der Waals surface area contributed by atoms with Gasteiger partial charge in [-0.05, 0) is 54.2 Å². The van der Waals surface area contributed by atoms with Crippen molar-refractivity contribution < 1.29 is 27.5 Å². The van der Waals surface area contributed by atoms with Crippen molar-refractivity contribution in [3.63, 3.8) is 0 Å². The zero-order valence-electron chi connectivity index (χ0n) is 18.4. The molecule has 0 saturated heterocycles. The molecule has 174 valence electrons. The molecule has 9 heteroatoms. The van der Waals surface area contributed by atoms with Crippen molar-refractivity contribution in [2.45, 2.75) is 50.3 Å². The molecular formula is C23H29NO6S2. The van der Waals surface area contributed by atoms with Crippen LogP contribution in [0.15, 0.2) is 46.0 Å². The summed E-state index contributed by atoms with van der Waals surface area (Å²) in [5.74, 6) is -0.235. The molecule has 0 spiro atoms. The molecule has 3 atom stereocenters. The Balaban J connectivity index is 1.62. The number of anilines is 1. The van der Waals surface area contributed by atoms with Crippen LogP contribution in [0, 0.1) is 17.8 Å². The lowest BCUT2D eigenvalue weighted by Gasteiger charge is -2.36. The number of rotatable bonds is 8. The molecule has 0 aliphatic heterocycles. The van der Waals surface area contributed by atoms with Gasteiger partial charge in [0.1, 0.15) is 10.3 Å². The van der Waals surface area contributed by atoms with Gasteiger partial charge >= 0.3 is 11.9 Å². The van der Waals surface area contributed by atoms with E-state index in [1.54, 1.807) is 23.6 Å². The largest absolute Gasteiger partial charge is 0.460 e. The van der Waals surface area contributed by atoms with Crippen molar-refractivity contribution >= 4 is 39.0 Å². The quantitative estimate of drug-likeness (QED) is 0.551. The average molecular weight is 480 g/mol. The molecule has 1 N–H and O–H groups in total. The smallest absolute Gasteiger partial charge is 0.344 e. The summed E-state index contributed by atoms with van der Waals surface area (Å²) in [7, 11) is -3.83. The average Bonchev–Trinajstić information content (AvgIpc) is 3.28. The summed E-state index contributed by atoms with van der Waals surface area (Å²) < 4.78 is 38.4. The lowest BCUT2D eigenvalue weighted by atomic mass is 9.75. The van der Waals surface area contributed by atoms with Crippen molar-refractivity contribution in [3.8, 4) is 0 Å². The Morgan fingerprint density at radius 3 is 2.59 bits per heavy atom. The van der Waals surface area contributed by atoms with E-state index in [9.17, 15) is 18.0 Å². The summed E-state index contributed by atoms with van der Waals surface area (Å²) >= 11 is 1.07. The Labute approximate surface area is 193 Å². The van der Waals surface area contributed by atoms with Crippen LogP contribution in [0.5, 0.6) is 0 Å². The fourth-order valence-corrected chi connectivity index (χ4v) is 6.09. The second-order valence-electron chi connectivity index (χ2n) is 8.51. The van der Waals surface area contributed by atoms with E-state index >= 15 is 0 Å². The van der Waals surface area contributed by atoms with Gasteiger partial charge < -0.3 is 9.47 Å². The van der Waals surface area contributed by atoms with Gasteiger partial charge in [0.05, 0.1) is 11.3 Å². The van der Waals surface area contributed by atoms with Gasteiger partial charge in [0.25, 0.3) is 10.0 Å². The maximum Gasteiger partial charge on any atom is 0.344 e. The molecule has 1 aliphatic carbocycles. The Hall–Kier alpha value is -2.39. The standard InChI is InChI=1S/C23H29NO6S2/c1-15(2)17-11-10-16(3)13-20(17)30-21(25)14-29-23(26)18-7-4-5-8-19(18)24-32(27,28)22-9-6-12-31-22/h4-9,12,15-17,20,24H,10-11,13-14H2,1-3H3. The van der Waals surface area contributed by atoms with Gasteiger partial charge in [0, 0.05) is 0 Å². The zero-order valence-corrected chi connectivity index (χ0v) is 20.1. The van der Waals surface area contributed by atoms with Crippen LogP contribution in [0.3, 0.4) is 0 Å². The van der Waals surface area contributed by atoms with E-state index in [2.05, 4.69) is 25.5 Å². The number of hydrogen-bond acceptors (Lipinski definition) is 7. The van der Waals surface area contributed by atoms with Crippen molar-refractivity contribution in [2.24, 2.45) is 17.8 Å². The number of carbonyl (C=O) groups excluding carboxylic acids is 2. The first-order chi connectivity index (χ1) is 15.2. The number of carbonyl (C=O) groups is 2. The van der Waals surface area contributed by atoms with Crippen LogP contribution in [0.25, 0.3) is 0 Å². The second-order valence-corrected chi connectivity index (χ2v) is 11.4. The minimum absolute atomic E-state index is 0.0202. The summed E-state index contributed by atoms with van der Waals surface area (Å²) in [5.41, 5.74) is 0.104. The van der Waals surface area contributed by atoms with E-state index < -0.39 is 28.6 Å². The number of hydrogen-bond donors (Lipinski definition) is 1. The molecule has 1 heterocycles. The van der Waals surface area contributed by atoms with Gasteiger partial charge in [-0.15, -0.1) is 11.3 Å². The highest BCUT2D eigenvalue weighted by molar-refractivity contribution is 7.94. The highest BCUT2D eigenvalue weighted by atomic mass is 32.2. The van der Waals surface area contributed by atoms with E-state index in [1.165, 1.54) is 18.2 Å². The van der Waals surface area contributed by atoms with Gasteiger partial charge in [-0.1, -0.05) is 45.4 Å². The van der Waals surface area contributed by atoms with Crippen LogP contribution in [-0.4, -0.2) is 33.1 Å². The summed E-state index contributed by atoms with van der Waals surface area (Å²) in [6, 6.07) is 9.21. The molecule has 1 aromatic heterocycles. The monoisotopic (exact) mass is 479 g/mol. The first kappa shape index (κ1) is 24.3. The lowest BCUT2D eigenvalue weighted by molar-refractivity contribution is -0.159. The normalized spacial score (nSPS) is 21.2. The van der Waals surface area contributed by atoms with Gasteiger partial charge in [-0.3, -0.25) is 4.72 Å². The van der Waals surface area contributed by atoms with Crippen LogP contribution in [0.4, 0.5) is 5.69 Å². The van der Waals surface area contributed by atoms with E-state index in [-0.39, 0.29) is 21.6 Å². The van der Waals surface area contributed by atoms with Crippen LogP contribution < -0.4 is 4.72 Å². The Morgan fingerprint density at radius 1 is 1.16 bits per heavy atom. The van der Waals surface area contributed by atoms with Crippen molar-refractivity contribution in [1.82, 2.24) is 0 Å². The van der Waals surface area contributed by atoms with Gasteiger partial charge in [0.15, 0.2) is 6.61 Å². The minimum atomic E-state index is -3.83. The molecule has 3 unspecified atom stereocenters. The predicted octanol–water partition coefficient (Wildman–Crippen LogP) is 4.71. The molecule has 1 aliphatic rings. The summed E-state index contributed by atoms with van der Waals surface area (Å²) in [4.78, 5) is 25.0. The molecule has 0 radical (unpaired) electrons. The van der Waals surface area contributed by atoms with E-state index in [0.717, 1.165) is 30.6 Å². The highest BCUT2D eigenvalue weighted by Gasteiger charge is 2.33. The maximum atomic E-state index is 12.6. The number of sulfonamides is 1. The molecule has 2 aromatic rings. The molecular weight excluding hydrogens is 450 g/mol. The summed E-state index contributed by atoms with van der Waals surface area (Å²) in [5, 5.41) is 1.65. The number of benzene rings is 1. The van der Waals surface area contributed by atoms with Crippen LogP contribution in [0.2, 0.25) is 0 Å². The number of nitrogens with one attached hydrogen (secondary N) is 1. The van der Waals surface area contributed by atoms with Crippen LogP contribution in [-0.2, 0) is 24.3 Å². The molecule has 1 fully saturated rings. The summed E-state index contributed by atoms with van der Waals surface area (Å²) in [6.45, 7) is 5.86. The van der Waals surface area contributed by atoms with E-state index in [1.807, 2.05) is 0 Å². The van der Waals surface area contributed by atoms with E-state index in [0.29, 0.717) is 17.8 Å². The third-order valence-electron chi connectivity index (χ3n) is 5.72. The molecule has 7 nitrogen and oxygen atoms in total. The topological polar surface area (TPSA) is 98.8 Å². The van der Waals surface area contributed by atoms with Crippen LogP contribution in [0.1, 0.15) is 50.4 Å². The minimum Gasteiger partial charge on any atom is -0.460 e. The Bertz CT molecular complexity index is 1030. The Kier molecular flexibility index (Phi) is 7.95. The zero-order chi connectivity index (χ0) is 23.3. The molecule has 0 bridgehead atoms. The first-order valence-electron chi connectivity index (χ1n) is 10.7. The molecule has 3 rings (SSSR count). The third-order valence-corrected chi connectivity index (χ3v) is 8.48. The number of ether oxygens (including phenoxy) is 2. The number of thiophene rings is 1. The SMILES string of the molecule is CC1CCC(C(C)C)C(OC(=O)COC(=O)c2ccccc2NS(=O)(=O)c2cccs2)C1. The Morgan fingerprint density at radius 2 is 1.91 bits per heavy atom. The predicted molar refractivity (Wildman–Crippen MR) is 123 cm³/mol. The fraction of sp³-hybridized carbons (Fsp3) is 0.478. The molecule has 0 amide bonds. The molecule has 1 saturated carbocycles. The molecule has 32 heavy (non-hydrogen) atoms. The van der Waals surface area contributed by atoms with Crippen LogP contribution >= 0.6 is 11.3 Å². The number of para-hydroxylation sites is 1.